The summed E-state index contributed by atoms with van der Waals surface area (Å²) in [5.41, 5.74) is 0.542. The van der Waals surface area contributed by atoms with Crippen LogP contribution in [0, 0.1) is 11.7 Å². The molecule has 6 heteroatoms. The molecule has 0 saturated carbocycles. The molecule has 0 saturated heterocycles. The number of carbonyl (C=O) groups is 2. The minimum atomic E-state index is -0.741. The highest BCUT2D eigenvalue weighted by atomic mass is 127. The minimum Gasteiger partial charge on any atom is -0.469 e. The van der Waals surface area contributed by atoms with Gasteiger partial charge in [0.2, 0.25) is 0 Å². The molecule has 18 heavy (non-hydrogen) atoms. The van der Waals surface area contributed by atoms with E-state index in [4.69, 9.17) is 4.74 Å². The largest absolute Gasteiger partial charge is 0.469 e. The first-order chi connectivity index (χ1) is 8.38. The second-order valence-corrected chi connectivity index (χ2v) is 5.68. The molecule has 2 atom stereocenters. The van der Waals surface area contributed by atoms with Gasteiger partial charge in [-0.05, 0) is 40.3 Å². The monoisotopic (exact) mass is 428 g/mol. The summed E-state index contributed by atoms with van der Waals surface area (Å²) in [6.07, 6.45) is 0. The quantitative estimate of drug-likeness (QED) is 0.419. The highest BCUT2D eigenvalue weighted by Gasteiger charge is 2.32. The zero-order chi connectivity index (χ0) is 13.9. The molecule has 98 valence electrons. The molecule has 1 aromatic carbocycles. The van der Waals surface area contributed by atoms with Gasteiger partial charge in [0.05, 0.1) is 13.0 Å². The van der Waals surface area contributed by atoms with Crippen molar-refractivity contribution in [2.75, 3.05) is 7.11 Å². The summed E-state index contributed by atoms with van der Waals surface area (Å²) in [5, 5.41) is 0. The van der Waals surface area contributed by atoms with Crippen LogP contribution in [0.4, 0.5) is 4.39 Å². The summed E-state index contributed by atoms with van der Waals surface area (Å²) < 4.78 is 18.0. The fourth-order valence-electron chi connectivity index (χ4n) is 1.61. The van der Waals surface area contributed by atoms with Crippen molar-refractivity contribution in [1.82, 2.24) is 0 Å². The lowest BCUT2D eigenvalue weighted by Crippen LogP contribution is -2.25. The Balaban J connectivity index is 3.25. The fourth-order valence-corrected chi connectivity index (χ4v) is 2.57. The number of hydrogen-bond donors (Lipinski definition) is 0. The summed E-state index contributed by atoms with van der Waals surface area (Å²) in [4.78, 5) is 23.2. The van der Waals surface area contributed by atoms with Crippen LogP contribution in [0.15, 0.2) is 22.7 Å². The van der Waals surface area contributed by atoms with Crippen LogP contribution in [0.3, 0.4) is 0 Å². The van der Waals surface area contributed by atoms with E-state index in [1.807, 2.05) is 0 Å². The molecule has 0 N–H and O–H groups in total. The molecular formula is C12H11BrFIO3. The van der Waals surface area contributed by atoms with Gasteiger partial charge >= 0.3 is 5.97 Å². The van der Waals surface area contributed by atoms with E-state index in [-0.39, 0.29) is 3.79 Å². The normalized spacial score (nSPS) is 13.8. The summed E-state index contributed by atoms with van der Waals surface area (Å²) >= 11 is 4.84. The van der Waals surface area contributed by atoms with Gasteiger partial charge in [0.1, 0.15) is 5.82 Å². The number of methoxy groups -OCH3 is 1. The topological polar surface area (TPSA) is 43.4 Å². The van der Waals surface area contributed by atoms with Crippen LogP contribution in [0.5, 0.6) is 0 Å². The average Bonchev–Trinajstić information content (AvgIpc) is 2.31. The molecule has 1 rings (SSSR count). The number of esters is 1. The molecule has 1 aromatic rings. The van der Waals surface area contributed by atoms with Gasteiger partial charge in [-0.1, -0.05) is 28.9 Å². The Morgan fingerprint density at radius 1 is 1.44 bits per heavy atom. The van der Waals surface area contributed by atoms with E-state index in [2.05, 4.69) is 15.9 Å². The maximum absolute atomic E-state index is 13.0. The highest BCUT2D eigenvalue weighted by Crippen LogP contribution is 2.33. The van der Waals surface area contributed by atoms with Crippen LogP contribution in [0.1, 0.15) is 18.4 Å². The van der Waals surface area contributed by atoms with Gasteiger partial charge in [0, 0.05) is 10.4 Å². The Bertz CT molecular complexity index is 478. The predicted molar refractivity (Wildman–Crippen MR) is 77.0 cm³/mol. The first kappa shape index (κ1) is 15.6. The number of ether oxygens (including phenoxy) is 1. The highest BCUT2D eigenvalue weighted by molar-refractivity contribution is 14.1. The Hall–Kier alpha value is -0.500. The maximum Gasteiger partial charge on any atom is 0.313 e. The van der Waals surface area contributed by atoms with E-state index < -0.39 is 23.6 Å². The Labute approximate surface area is 126 Å². The van der Waals surface area contributed by atoms with Crippen molar-refractivity contribution in [1.29, 1.82) is 0 Å². The van der Waals surface area contributed by atoms with Crippen LogP contribution in [0.2, 0.25) is 0 Å². The lowest BCUT2D eigenvalue weighted by atomic mass is 9.88. The smallest absolute Gasteiger partial charge is 0.313 e. The zero-order valence-electron chi connectivity index (χ0n) is 9.75. The molecule has 0 amide bonds. The SMILES string of the molecule is COC(=O)C(c1ccc(F)cc1Br)C(C)C(=O)I. The molecule has 0 fully saturated rings. The zero-order valence-corrected chi connectivity index (χ0v) is 13.5. The van der Waals surface area contributed by atoms with E-state index in [0.29, 0.717) is 10.0 Å². The van der Waals surface area contributed by atoms with Crippen LogP contribution in [0.25, 0.3) is 0 Å². The molecule has 3 nitrogen and oxygen atoms in total. The Morgan fingerprint density at radius 2 is 2.06 bits per heavy atom. The van der Waals surface area contributed by atoms with E-state index in [1.165, 1.54) is 25.3 Å². The van der Waals surface area contributed by atoms with E-state index >= 15 is 0 Å². The first-order valence-corrected chi connectivity index (χ1v) is 6.97. The fraction of sp³-hybridized carbons (Fsp3) is 0.333. The summed E-state index contributed by atoms with van der Waals surface area (Å²) in [6, 6.07) is 3.99. The standard InChI is InChI=1S/C12H11BrFIO3/c1-6(11(15)16)10(12(17)18-2)8-4-3-7(14)5-9(8)13/h3-6,10H,1-2H3. The van der Waals surface area contributed by atoms with Crippen molar-refractivity contribution in [3.63, 3.8) is 0 Å². The summed E-state index contributed by atoms with van der Waals surface area (Å²) in [7, 11) is 1.26. The van der Waals surface area contributed by atoms with Crippen LogP contribution >= 0.6 is 38.5 Å². The predicted octanol–water partition coefficient (Wildman–Crippen LogP) is 3.44. The van der Waals surface area contributed by atoms with E-state index in [9.17, 15) is 14.0 Å². The molecule has 2 unspecified atom stereocenters. The van der Waals surface area contributed by atoms with Gasteiger partial charge in [0.15, 0.2) is 3.79 Å². The van der Waals surface area contributed by atoms with Crippen LogP contribution in [-0.4, -0.2) is 16.9 Å². The second kappa shape index (κ2) is 6.60. The van der Waals surface area contributed by atoms with Gasteiger partial charge in [0.25, 0.3) is 0 Å². The van der Waals surface area contributed by atoms with Crippen molar-refractivity contribution < 1.29 is 18.7 Å². The molecule has 0 aliphatic carbocycles. The lowest BCUT2D eigenvalue weighted by Gasteiger charge is -2.20. The van der Waals surface area contributed by atoms with Gasteiger partial charge in [-0.25, -0.2) is 4.39 Å². The van der Waals surface area contributed by atoms with Gasteiger partial charge in [-0.2, -0.15) is 0 Å². The number of rotatable bonds is 4. The third-order valence-electron chi connectivity index (χ3n) is 2.61. The van der Waals surface area contributed by atoms with Gasteiger partial charge in [-0.3, -0.25) is 9.59 Å². The van der Waals surface area contributed by atoms with Crippen molar-refractivity contribution in [3.05, 3.63) is 34.1 Å². The summed E-state index contributed by atoms with van der Waals surface area (Å²) in [5.74, 6) is -2.21. The van der Waals surface area contributed by atoms with Crippen molar-refractivity contribution in [2.24, 2.45) is 5.92 Å². The Kier molecular flexibility index (Phi) is 5.71. The lowest BCUT2D eigenvalue weighted by molar-refractivity contribution is -0.144. The molecule has 0 spiro atoms. The third kappa shape index (κ3) is 3.50. The minimum absolute atomic E-state index is 0.153. The first-order valence-electron chi connectivity index (χ1n) is 5.10. The second-order valence-electron chi connectivity index (χ2n) is 3.76. The van der Waals surface area contributed by atoms with E-state index in [1.54, 1.807) is 29.5 Å². The van der Waals surface area contributed by atoms with Crippen LogP contribution in [-0.2, 0) is 14.3 Å². The van der Waals surface area contributed by atoms with Crippen molar-refractivity contribution in [2.45, 2.75) is 12.8 Å². The molecule has 0 radical (unpaired) electrons. The number of carbonyl (C=O) groups excluding carboxylic acids is 2. The third-order valence-corrected chi connectivity index (χ3v) is 4.28. The maximum atomic E-state index is 13.0. The number of halogens is 3. The Morgan fingerprint density at radius 3 is 2.50 bits per heavy atom. The van der Waals surface area contributed by atoms with Crippen LogP contribution < -0.4 is 0 Å². The molecular weight excluding hydrogens is 418 g/mol. The summed E-state index contributed by atoms with van der Waals surface area (Å²) in [6.45, 7) is 1.64. The number of benzene rings is 1. The van der Waals surface area contributed by atoms with Crippen molar-refractivity contribution in [3.8, 4) is 0 Å². The molecule has 0 aliphatic rings. The number of hydrogen-bond acceptors (Lipinski definition) is 3. The molecule has 0 heterocycles. The van der Waals surface area contributed by atoms with Gasteiger partial charge in [-0.15, -0.1) is 0 Å². The average molecular weight is 429 g/mol. The van der Waals surface area contributed by atoms with Gasteiger partial charge < -0.3 is 4.74 Å². The molecule has 0 bridgehead atoms. The molecule has 0 aliphatic heterocycles. The molecule has 0 aromatic heterocycles. The van der Waals surface area contributed by atoms with E-state index in [0.717, 1.165) is 0 Å². The van der Waals surface area contributed by atoms with Crippen molar-refractivity contribution >= 4 is 48.3 Å².